The summed E-state index contributed by atoms with van der Waals surface area (Å²) in [4.78, 5) is 0. The number of likely N-dealkylation sites (tertiary alicyclic amines) is 1. The highest BCUT2D eigenvalue weighted by atomic mass is 16.3. The van der Waals surface area contributed by atoms with Crippen LogP contribution in [0.1, 0.15) is 19.3 Å². The Morgan fingerprint density at radius 1 is 1.42 bits per heavy atom. The summed E-state index contributed by atoms with van der Waals surface area (Å²) in [6.45, 7) is 6.86. The van der Waals surface area contributed by atoms with Gasteiger partial charge in [0.2, 0.25) is 0 Å². The molecule has 1 N–H and O–H groups in total. The van der Waals surface area contributed by atoms with Gasteiger partial charge in [0.25, 0.3) is 0 Å². The van der Waals surface area contributed by atoms with Crippen molar-refractivity contribution in [1.82, 2.24) is 0 Å². The second-order valence-corrected chi connectivity index (χ2v) is 4.11. The Kier molecular flexibility index (Phi) is 3.29. The smallest absolute Gasteiger partial charge is 0.121 e. The minimum Gasteiger partial charge on any atom is -0.383 e. The van der Waals surface area contributed by atoms with Crippen LogP contribution in [0.3, 0.4) is 0 Å². The maximum atomic E-state index is 9.44. The third kappa shape index (κ3) is 2.61. The summed E-state index contributed by atoms with van der Waals surface area (Å²) in [5, 5.41) is 9.44. The number of piperidine rings is 1. The Labute approximate surface area is 75.1 Å². The highest BCUT2D eigenvalue weighted by Gasteiger charge is 2.26. The van der Waals surface area contributed by atoms with E-state index >= 15 is 0 Å². The van der Waals surface area contributed by atoms with Crippen LogP contribution in [-0.2, 0) is 0 Å². The summed E-state index contributed by atoms with van der Waals surface area (Å²) in [5.41, 5.74) is 0. The fourth-order valence-corrected chi connectivity index (χ4v) is 1.98. The second kappa shape index (κ2) is 4.06. The maximum absolute atomic E-state index is 9.44. The van der Waals surface area contributed by atoms with Crippen LogP contribution in [0.15, 0.2) is 12.7 Å². The molecular weight excluding hydrogens is 150 g/mol. The van der Waals surface area contributed by atoms with E-state index in [-0.39, 0.29) is 6.10 Å². The normalized spacial score (nSPS) is 24.8. The van der Waals surface area contributed by atoms with Crippen LogP contribution in [0.25, 0.3) is 0 Å². The zero-order valence-corrected chi connectivity index (χ0v) is 8.00. The molecule has 1 rings (SSSR count). The number of aliphatic hydroxyl groups is 1. The van der Waals surface area contributed by atoms with E-state index in [0.29, 0.717) is 0 Å². The highest BCUT2D eigenvalue weighted by molar-refractivity contribution is 4.77. The summed E-state index contributed by atoms with van der Waals surface area (Å²) in [7, 11) is 2.23. The quantitative estimate of drug-likeness (QED) is 0.498. The molecule has 70 valence electrons. The summed E-state index contributed by atoms with van der Waals surface area (Å²) in [5.74, 6) is 0. The molecule has 0 saturated carbocycles. The molecule has 1 fully saturated rings. The van der Waals surface area contributed by atoms with Crippen LogP contribution in [0.4, 0.5) is 0 Å². The first kappa shape index (κ1) is 9.75. The molecule has 0 aliphatic carbocycles. The van der Waals surface area contributed by atoms with E-state index in [1.807, 2.05) is 0 Å². The first-order valence-corrected chi connectivity index (χ1v) is 4.80. The number of nitrogens with zero attached hydrogens (tertiary/aromatic N) is 1. The Morgan fingerprint density at radius 3 is 2.50 bits per heavy atom. The molecule has 0 spiro atoms. The van der Waals surface area contributed by atoms with Crippen molar-refractivity contribution in [2.24, 2.45) is 0 Å². The Balaban J connectivity index is 2.40. The fraction of sp³-hybridized carbons (Fsp3) is 0.800. The van der Waals surface area contributed by atoms with Gasteiger partial charge in [-0.05, 0) is 19.3 Å². The van der Waals surface area contributed by atoms with Gasteiger partial charge in [-0.3, -0.25) is 0 Å². The van der Waals surface area contributed by atoms with Crippen LogP contribution in [0, 0.1) is 0 Å². The standard InChI is InChI=1S/C10H20NO/c1-3-10(12)9-11(2)7-5-4-6-8-11/h3,10,12H,1,4-9H2,2H3/q+1. The van der Waals surface area contributed by atoms with Crippen molar-refractivity contribution in [3.63, 3.8) is 0 Å². The topological polar surface area (TPSA) is 20.2 Å². The molecule has 1 saturated heterocycles. The minimum atomic E-state index is -0.326. The first-order valence-electron chi connectivity index (χ1n) is 4.80. The third-order valence-corrected chi connectivity index (χ3v) is 2.80. The number of quaternary nitrogens is 1. The molecule has 2 nitrogen and oxygen atoms in total. The van der Waals surface area contributed by atoms with Crippen molar-refractivity contribution in [3.8, 4) is 0 Å². The number of rotatable bonds is 3. The Hall–Kier alpha value is -0.340. The zero-order valence-electron chi connectivity index (χ0n) is 8.00. The van der Waals surface area contributed by atoms with Crippen LogP contribution in [0.5, 0.6) is 0 Å². The predicted molar refractivity (Wildman–Crippen MR) is 50.8 cm³/mol. The third-order valence-electron chi connectivity index (χ3n) is 2.80. The average molecular weight is 170 g/mol. The molecule has 2 heteroatoms. The van der Waals surface area contributed by atoms with Gasteiger partial charge in [0.05, 0.1) is 20.1 Å². The Morgan fingerprint density at radius 2 is 2.00 bits per heavy atom. The summed E-state index contributed by atoms with van der Waals surface area (Å²) < 4.78 is 1.02. The van der Waals surface area contributed by atoms with Gasteiger partial charge >= 0.3 is 0 Å². The van der Waals surface area contributed by atoms with E-state index in [1.165, 1.54) is 32.4 Å². The molecule has 0 aromatic rings. The molecule has 0 bridgehead atoms. The minimum absolute atomic E-state index is 0.326. The molecule has 1 aliphatic rings. The van der Waals surface area contributed by atoms with Crippen molar-refractivity contribution in [2.75, 3.05) is 26.7 Å². The number of hydrogen-bond donors (Lipinski definition) is 1. The van der Waals surface area contributed by atoms with Gasteiger partial charge in [-0.25, -0.2) is 0 Å². The highest BCUT2D eigenvalue weighted by Crippen LogP contribution is 2.16. The summed E-state index contributed by atoms with van der Waals surface area (Å²) in [6, 6.07) is 0. The second-order valence-electron chi connectivity index (χ2n) is 4.11. The van der Waals surface area contributed by atoms with Gasteiger partial charge in [0.15, 0.2) is 0 Å². The molecule has 0 aromatic carbocycles. The SMILES string of the molecule is C=CC(O)C[N+]1(C)CCCCC1. The monoisotopic (exact) mass is 170 g/mol. The molecular formula is C10H20NO+. The van der Waals surface area contributed by atoms with Crippen molar-refractivity contribution in [1.29, 1.82) is 0 Å². The van der Waals surface area contributed by atoms with Crippen molar-refractivity contribution < 1.29 is 9.59 Å². The van der Waals surface area contributed by atoms with Gasteiger partial charge in [-0.2, -0.15) is 0 Å². The van der Waals surface area contributed by atoms with E-state index in [1.54, 1.807) is 6.08 Å². The van der Waals surface area contributed by atoms with Gasteiger partial charge in [0.1, 0.15) is 12.6 Å². The molecule has 1 aliphatic heterocycles. The van der Waals surface area contributed by atoms with Gasteiger partial charge < -0.3 is 9.59 Å². The number of likely N-dealkylation sites (N-methyl/N-ethyl adjacent to an activating group) is 1. The van der Waals surface area contributed by atoms with Crippen molar-refractivity contribution >= 4 is 0 Å². The van der Waals surface area contributed by atoms with E-state index in [9.17, 15) is 5.11 Å². The first-order chi connectivity index (χ1) is 5.66. The predicted octanol–water partition coefficient (Wildman–Crippen LogP) is 1.16. The van der Waals surface area contributed by atoms with Crippen molar-refractivity contribution in [3.05, 3.63) is 12.7 Å². The van der Waals surface area contributed by atoms with Crippen LogP contribution >= 0.6 is 0 Å². The maximum Gasteiger partial charge on any atom is 0.121 e. The van der Waals surface area contributed by atoms with Crippen LogP contribution in [0.2, 0.25) is 0 Å². The zero-order chi connectivity index (χ0) is 9.03. The molecule has 1 unspecified atom stereocenters. The molecule has 0 aromatic heterocycles. The molecule has 12 heavy (non-hydrogen) atoms. The van der Waals surface area contributed by atoms with Crippen molar-refractivity contribution in [2.45, 2.75) is 25.4 Å². The summed E-state index contributed by atoms with van der Waals surface area (Å²) >= 11 is 0. The largest absolute Gasteiger partial charge is 0.383 e. The fourth-order valence-electron chi connectivity index (χ4n) is 1.98. The average Bonchev–Trinajstić information content (AvgIpc) is 2.05. The lowest BCUT2D eigenvalue weighted by molar-refractivity contribution is -0.916. The lowest BCUT2D eigenvalue weighted by atomic mass is 10.1. The van der Waals surface area contributed by atoms with Gasteiger partial charge in [-0.1, -0.05) is 6.08 Å². The molecule has 0 amide bonds. The van der Waals surface area contributed by atoms with E-state index in [0.717, 1.165) is 11.0 Å². The van der Waals surface area contributed by atoms with E-state index in [2.05, 4.69) is 13.6 Å². The lowest BCUT2D eigenvalue weighted by Gasteiger charge is -2.38. The van der Waals surface area contributed by atoms with Gasteiger partial charge in [-0.15, -0.1) is 6.58 Å². The van der Waals surface area contributed by atoms with E-state index < -0.39 is 0 Å². The molecule has 0 radical (unpaired) electrons. The number of aliphatic hydroxyl groups excluding tert-OH is 1. The lowest BCUT2D eigenvalue weighted by Crippen LogP contribution is -2.51. The number of hydrogen-bond acceptors (Lipinski definition) is 1. The molecule has 1 atom stereocenters. The van der Waals surface area contributed by atoms with Crippen LogP contribution in [-0.4, -0.2) is 42.4 Å². The Bertz CT molecular complexity index is 150. The van der Waals surface area contributed by atoms with Gasteiger partial charge in [0, 0.05) is 0 Å². The van der Waals surface area contributed by atoms with E-state index in [4.69, 9.17) is 0 Å². The van der Waals surface area contributed by atoms with Crippen LogP contribution < -0.4 is 0 Å². The summed E-state index contributed by atoms with van der Waals surface area (Å²) in [6.07, 6.45) is 5.28. The molecule has 1 heterocycles.